The van der Waals surface area contributed by atoms with Crippen molar-refractivity contribution in [2.24, 2.45) is 5.41 Å². The summed E-state index contributed by atoms with van der Waals surface area (Å²) in [6, 6.07) is 0. The molecule has 0 bridgehead atoms. The minimum atomic E-state index is -0.288. The highest BCUT2D eigenvalue weighted by Crippen LogP contribution is 2.29. The second-order valence-corrected chi connectivity index (χ2v) is 7.84. The van der Waals surface area contributed by atoms with Crippen LogP contribution in [0.5, 0.6) is 0 Å². The van der Waals surface area contributed by atoms with Crippen molar-refractivity contribution in [3.8, 4) is 0 Å². The molecule has 0 radical (unpaired) electrons. The minimum absolute atomic E-state index is 0.144. The van der Waals surface area contributed by atoms with Gasteiger partial charge in [0.05, 0.1) is 0 Å². The van der Waals surface area contributed by atoms with Crippen LogP contribution >= 0.6 is 11.3 Å². The van der Waals surface area contributed by atoms with E-state index < -0.39 is 0 Å². The van der Waals surface area contributed by atoms with E-state index in [9.17, 15) is 4.79 Å². The van der Waals surface area contributed by atoms with Gasteiger partial charge < -0.3 is 16.4 Å². The first-order chi connectivity index (χ1) is 9.04. The van der Waals surface area contributed by atoms with Gasteiger partial charge in [0, 0.05) is 12.1 Å². The van der Waals surface area contributed by atoms with E-state index in [-0.39, 0.29) is 22.7 Å². The van der Waals surface area contributed by atoms with Gasteiger partial charge in [-0.3, -0.25) is 4.79 Å². The largest absolute Gasteiger partial charge is 0.382 e. The van der Waals surface area contributed by atoms with Crippen molar-refractivity contribution < 1.29 is 4.79 Å². The van der Waals surface area contributed by atoms with Crippen LogP contribution in [0.3, 0.4) is 0 Å². The quantitative estimate of drug-likeness (QED) is 0.780. The topological polar surface area (TPSA) is 80.0 Å². The molecule has 0 aliphatic carbocycles. The van der Waals surface area contributed by atoms with Gasteiger partial charge >= 0.3 is 0 Å². The van der Waals surface area contributed by atoms with E-state index in [0.717, 1.165) is 13.0 Å². The second-order valence-electron chi connectivity index (χ2n) is 6.84. The summed E-state index contributed by atoms with van der Waals surface area (Å²) in [6.07, 6.45) is 0.879. The molecule has 5 nitrogen and oxygen atoms in total. The number of aromatic nitrogens is 1. The highest BCUT2D eigenvalue weighted by Gasteiger charge is 2.28. The van der Waals surface area contributed by atoms with Crippen molar-refractivity contribution in [2.45, 2.75) is 53.5 Å². The molecule has 1 heterocycles. The third-order valence-electron chi connectivity index (χ3n) is 2.61. The summed E-state index contributed by atoms with van der Waals surface area (Å²) in [6.45, 7) is 13.3. The maximum atomic E-state index is 12.3. The summed E-state index contributed by atoms with van der Waals surface area (Å²) in [5.41, 5.74) is 5.67. The number of thiazole rings is 1. The van der Waals surface area contributed by atoms with Crippen LogP contribution in [0.1, 0.15) is 57.6 Å². The summed E-state index contributed by atoms with van der Waals surface area (Å²) >= 11 is 1.29. The van der Waals surface area contributed by atoms with Gasteiger partial charge in [-0.2, -0.15) is 0 Å². The van der Waals surface area contributed by atoms with Crippen molar-refractivity contribution in [1.29, 1.82) is 0 Å². The zero-order chi connectivity index (χ0) is 15.6. The summed E-state index contributed by atoms with van der Waals surface area (Å²) in [7, 11) is 0. The number of carbonyl (C=O) groups excluding carboxylic acids is 1. The molecule has 0 aliphatic rings. The maximum Gasteiger partial charge on any atom is 0.265 e. The number of nitrogens with two attached hydrogens (primary N) is 1. The predicted molar refractivity (Wildman–Crippen MR) is 86.3 cm³/mol. The van der Waals surface area contributed by atoms with Gasteiger partial charge in [-0.1, -0.05) is 32.1 Å². The molecule has 1 aromatic rings. The molecule has 1 amide bonds. The molecule has 4 N–H and O–H groups in total. The number of hydrogen-bond acceptors (Lipinski definition) is 5. The Balaban J connectivity index is 2.80. The fraction of sp³-hybridized carbons (Fsp3) is 0.714. The Morgan fingerprint density at radius 2 is 1.90 bits per heavy atom. The number of hydrogen-bond donors (Lipinski definition) is 3. The number of nitrogens with one attached hydrogen (secondary N) is 2. The average molecular weight is 298 g/mol. The molecule has 6 heteroatoms. The van der Waals surface area contributed by atoms with Gasteiger partial charge in [-0.15, -0.1) is 0 Å². The van der Waals surface area contributed by atoms with Crippen molar-refractivity contribution in [2.75, 3.05) is 17.6 Å². The van der Waals surface area contributed by atoms with Crippen LogP contribution in [0.15, 0.2) is 0 Å². The molecule has 20 heavy (non-hydrogen) atoms. The first kappa shape index (κ1) is 16.8. The van der Waals surface area contributed by atoms with Crippen molar-refractivity contribution in [3.05, 3.63) is 4.88 Å². The van der Waals surface area contributed by atoms with Gasteiger partial charge in [-0.05, 0) is 32.6 Å². The molecule has 114 valence electrons. The van der Waals surface area contributed by atoms with Crippen LogP contribution in [0.25, 0.3) is 0 Å². The zero-order valence-corrected chi connectivity index (χ0v) is 14.1. The molecule has 0 aliphatic heterocycles. The summed E-state index contributed by atoms with van der Waals surface area (Å²) in [4.78, 5) is 17.0. The Morgan fingerprint density at radius 1 is 1.30 bits per heavy atom. The van der Waals surface area contributed by atoms with Gasteiger partial charge in [0.1, 0.15) is 10.7 Å². The molecular weight excluding hydrogens is 272 g/mol. The smallest absolute Gasteiger partial charge is 0.265 e. The van der Waals surface area contributed by atoms with Gasteiger partial charge in [0.25, 0.3) is 5.91 Å². The maximum absolute atomic E-state index is 12.3. The van der Waals surface area contributed by atoms with Gasteiger partial charge in [0.2, 0.25) is 0 Å². The molecule has 1 rings (SSSR count). The van der Waals surface area contributed by atoms with E-state index in [4.69, 9.17) is 5.73 Å². The number of rotatable bonds is 5. The standard InChI is InChI=1S/C14H26N4OS/c1-7-16-12-17-10(15)9(20-12)11(19)18-14(5,6)8-13(2,3)4/h7-8,15H2,1-6H3,(H,16,17)(H,18,19). The molecule has 0 saturated carbocycles. The first-order valence-electron chi connectivity index (χ1n) is 6.87. The normalized spacial score (nSPS) is 12.3. The number of nitrogen functional groups attached to an aromatic ring is 1. The third kappa shape index (κ3) is 5.00. The van der Waals surface area contributed by atoms with Crippen LogP contribution in [0.2, 0.25) is 0 Å². The van der Waals surface area contributed by atoms with Crippen LogP contribution < -0.4 is 16.4 Å². The Kier molecular flexibility index (Phi) is 5.02. The van der Waals surface area contributed by atoms with Gasteiger partial charge in [-0.25, -0.2) is 4.98 Å². The molecule has 0 saturated heterocycles. The van der Waals surface area contributed by atoms with E-state index in [1.165, 1.54) is 11.3 Å². The van der Waals surface area contributed by atoms with Gasteiger partial charge in [0.15, 0.2) is 5.13 Å². The van der Waals surface area contributed by atoms with E-state index in [0.29, 0.717) is 10.0 Å². The van der Waals surface area contributed by atoms with Crippen molar-refractivity contribution in [1.82, 2.24) is 10.3 Å². The Labute approximate surface area is 125 Å². The first-order valence-corrected chi connectivity index (χ1v) is 7.68. The molecule has 1 aromatic heterocycles. The van der Waals surface area contributed by atoms with E-state index in [1.807, 2.05) is 20.8 Å². The summed E-state index contributed by atoms with van der Waals surface area (Å²) < 4.78 is 0. The number of carbonyl (C=O) groups is 1. The highest BCUT2D eigenvalue weighted by molar-refractivity contribution is 7.18. The van der Waals surface area contributed by atoms with E-state index in [2.05, 4.69) is 36.4 Å². The SMILES string of the molecule is CCNc1nc(N)c(C(=O)NC(C)(C)CC(C)(C)C)s1. The fourth-order valence-corrected chi connectivity index (χ4v) is 3.30. The molecule has 0 aromatic carbocycles. The minimum Gasteiger partial charge on any atom is -0.382 e. The third-order valence-corrected chi connectivity index (χ3v) is 3.64. The summed E-state index contributed by atoms with van der Waals surface area (Å²) in [5, 5.41) is 6.81. The molecular formula is C14H26N4OS. The lowest BCUT2D eigenvalue weighted by molar-refractivity contribution is 0.0896. The van der Waals surface area contributed by atoms with Crippen molar-refractivity contribution >= 4 is 28.2 Å². The highest BCUT2D eigenvalue weighted by atomic mass is 32.1. The van der Waals surface area contributed by atoms with E-state index >= 15 is 0 Å². The monoisotopic (exact) mass is 298 g/mol. The number of anilines is 2. The number of nitrogens with zero attached hydrogens (tertiary/aromatic N) is 1. The fourth-order valence-electron chi connectivity index (χ4n) is 2.46. The average Bonchev–Trinajstić information content (AvgIpc) is 2.55. The van der Waals surface area contributed by atoms with E-state index in [1.54, 1.807) is 0 Å². The Hall–Kier alpha value is -1.30. The molecule has 0 spiro atoms. The Bertz CT molecular complexity index is 474. The lowest BCUT2D eigenvalue weighted by atomic mass is 9.82. The van der Waals surface area contributed by atoms with Crippen LogP contribution in [-0.2, 0) is 0 Å². The lowest BCUT2D eigenvalue weighted by Crippen LogP contribution is -2.45. The Morgan fingerprint density at radius 3 is 2.40 bits per heavy atom. The number of amides is 1. The second kappa shape index (κ2) is 5.99. The summed E-state index contributed by atoms with van der Waals surface area (Å²) in [5.74, 6) is 0.133. The zero-order valence-electron chi connectivity index (χ0n) is 13.3. The molecule has 0 unspecified atom stereocenters. The predicted octanol–water partition coefficient (Wildman–Crippen LogP) is 3.10. The molecule has 0 atom stereocenters. The van der Waals surface area contributed by atoms with Crippen LogP contribution in [-0.4, -0.2) is 23.0 Å². The van der Waals surface area contributed by atoms with Crippen LogP contribution in [0.4, 0.5) is 10.9 Å². The molecule has 0 fully saturated rings. The van der Waals surface area contributed by atoms with Crippen molar-refractivity contribution in [3.63, 3.8) is 0 Å². The lowest BCUT2D eigenvalue weighted by Gasteiger charge is -2.33. The van der Waals surface area contributed by atoms with Crippen LogP contribution in [0, 0.1) is 5.41 Å².